The van der Waals surface area contributed by atoms with E-state index in [1.165, 1.54) is 13.0 Å². The molecule has 2 aromatic carbocycles. The average molecular weight is 286 g/mol. The van der Waals surface area contributed by atoms with E-state index in [0.717, 1.165) is 16.9 Å². The number of hydrogen-bond donors (Lipinski definition) is 4. The van der Waals surface area contributed by atoms with Crippen molar-refractivity contribution < 1.29 is 15.0 Å². The van der Waals surface area contributed by atoms with Gasteiger partial charge in [0.2, 0.25) is 5.91 Å². The van der Waals surface area contributed by atoms with Crippen molar-refractivity contribution in [1.82, 2.24) is 0 Å². The van der Waals surface area contributed by atoms with Gasteiger partial charge in [0.15, 0.2) is 11.5 Å². The molecule has 1 amide bonds. The summed E-state index contributed by atoms with van der Waals surface area (Å²) in [5.74, 6) is -0.391. The Kier molecular flexibility index (Phi) is 4.33. The second-order valence-electron chi connectivity index (χ2n) is 4.85. The standard InChI is InChI=1S/C16H18N2O3/c1-10-6-7-13(8-14(10)18-11(2)19)17-9-12-4-3-5-15(20)16(12)21/h3-8,17,20-21H,9H2,1-2H3,(H,18,19). The highest BCUT2D eigenvalue weighted by Crippen LogP contribution is 2.29. The van der Waals surface area contributed by atoms with E-state index < -0.39 is 0 Å². The number of aromatic hydroxyl groups is 2. The van der Waals surface area contributed by atoms with Crippen molar-refractivity contribution in [1.29, 1.82) is 0 Å². The lowest BCUT2D eigenvalue weighted by molar-refractivity contribution is -0.114. The highest BCUT2D eigenvalue weighted by Gasteiger charge is 2.06. The quantitative estimate of drug-likeness (QED) is 0.651. The van der Waals surface area contributed by atoms with Gasteiger partial charge in [0.1, 0.15) is 0 Å². The van der Waals surface area contributed by atoms with Crippen LogP contribution in [0.25, 0.3) is 0 Å². The van der Waals surface area contributed by atoms with Gasteiger partial charge in [-0.25, -0.2) is 0 Å². The summed E-state index contributed by atoms with van der Waals surface area (Å²) < 4.78 is 0. The SMILES string of the molecule is CC(=O)Nc1cc(NCc2cccc(O)c2O)ccc1C. The molecular weight excluding hydrogens is 268 g/mol. The molecule has 4 N–H and O–H groups in total. The van der Waals surface area contributed by atoms with Crippen molar-refractivity contribution in [2.75, 3.05) is 10.6 Å². The van der Waals surface area contributed by atoms with Crippen LogP contribution in [-0.4, -0.2) is 16.1 Å². The molecule has 0 atom stereocenters. The molecule has 0 spiro atoms. The van der Waals surface area contributed by atoms with Crippen molar-refractivity contribution in [2.24, 2.45) is 0 Å². The van der Waals surface area contributed by atoms with Gasteiger partial charge in [-0.3, -0.25) is 4.79 Å². The highest BCUT2D eigenvalue weighted by atomic mass is 16.3. The molecule has 0 aliphatic rings. The summed E-state index contributed by atoms with van der Waals surface area (Å²) in [7, 11) is 0. The molecule has 0 unspecified atom stereocenters. The van der Waals surface area contributed by atoms with E-state index >= 15 is 0 Å². The molecule has 0 fully saturated rings. The molecule has 110 valence electrons. The van der Waals surface area contributed by atoms with Crippen molar-refractivity contribution in [2.45, 2.75) is 20.4 Å². The largest absolute Gasteiger partial charge is 0.504 e. The van der Waals surface area contributed by atoms with Crippen molar-refractivity contribution in [3.8, 4) is 11.5 Å². The topological polar surface area (TPSA) is 81.6 Å². The molecule has 2 aromatic rings. The Labute approximate surface area is 123 Å². The number of rotatable bonds is 4. The molecule has 5 heteroatoms. The minimum atomic E-state index is -0.142. The number of phenols is 2. The zero-order chi connectivity index (χ0) is 15.4. The van der Waals surface area contributed by atoms with E-state index in [1.807, 2.05) is 25.1 Å². The van der Waals surface area contributed by atoms with Gasteiger partial charge >= 0.3 is 0 Å². The average Bonchev–Trinajstić information content (AvgIpc) is 2.43. The molecule has 0 radical (unpaired) electrons. The van der Waals surface area contributed by atoms with Crippen LogP contribution in [0.4, 0.5) is 11.4 Å². The van der Waals surface area contributed by atoms with Crippen LogP contribution in [0, 0.1) is 6.92 Å². The molecule has 0 saturated carbocycles. The molecule has 0 aliphatic heterocycles. The number of aryl methyl sites for hydroxylation is 1. The predicted octanol–water partition coefficient (Wildman–Crippen LogP) is 2.98. The smallest absolute Gasteiger partial charge is 0.221 e. The second-order valence-corrected chi connectivity index (χ2v) is 4.85. The van der Waals surface area contributed by atoms with Crippen LogP contribution in [-0.2, 0) is 11.3 Å². The Balaban J connectivity index is 2.13. The number of para-hydroxylation sites is 1. The number of benzene rings is 2. The second kappa shape index (κ2) is 6.17. The molecule has 2 rings (SSSR count). The van der Waals surface area contributed by atoms with Crippen LogP contribution in [0.5, 0.6) is 11.5 Å². The lowest BCUT2D eigenvalue weighted by atomic mass is 10.1. The number of phenolic OH excluding ortho intramolecular Hbond substituents is 2. The molecule has 0 heterocycles. The van der Waals surface area contributed by atoms with E-state index in [9.17, 15) is 15.0 Å². The number of anilines is 2. The Morgan fingerprint density at radius 1 is 1.19 bits per heavy atom. The fraction of sp³-hybridized carbons (Fsp3) is 0.188. The van der Waals surface area contributed by atoms with Crippen LogP contribution < -0.4 is 10.6 Å². The van der Waals surface area contributed by atoms with Crippen molar-refractivity contribution in [3.05, 3.63) is 47.5 Å². The van der Waals surface area contributed by atoms with Gasteiger partial charge in [-0.2, -0.15) is 0 Å². The first-order valence-electron chi connectivity index (χ1n) is 6.59. The molecule has 0 saturated heterocycles. The molecular formula is C16H18N2O3. The van der Waals surface area contributed by atoms with Crippen molar-refractivity contribution in [3.63, 3.8) is 0 Å². The number of carbonyl (C=O) groups excluding carboxylic acids is 1. The first-order chi connectivity index (χ1) is 9.97. The number of amides is 1. The zero-order valence-electron chi connectivity index (χ0n) is 12.0. The highest BCUT2D eigenvalue weighted by molar-refractivity contribution is 5.90. The summed E-state index contributed by atoms with van der Waals surface area (Å²) in [6.45, 7) is 3.74. The van der Waals surface area contributed by atoms with Crippen LogP contribution in [0.2, 0.25) is 0 Å². The maximum atomic E-state index is 11.1. The summed E-state index contributed by atoms with van der Waals surface area (Å²) in [5.41, 5.74) is 3.12. The maximum absolute atomic E-state index is 11.1. The maximum Gasteiger partial charge on any atom is 0.221 e. The Hall–Kier alpha value is -2.69. The minimum Gasteiger partial charge on any atom is -0.504 e. The third-order valence-corrected chi connectivity index (χ3v) is 3.13. The van der Waals surface area contributed by atoms with Gasteiger partial charge < -0.3 is 20.8 Å². The van der Waals surface area contributed by atoms with Gasteiger partial charge in [0, 0.05) is 30.4 Å². The fourth-order valence-electron chi connectivity index (χ4n) is 1.97. The van der Waals surface area contributed by atoms with E-state index in [1.54, 1.807) is 12.1 Å². The normalized spacial score (nSPS) is 10.2. The molecule has 0 bridgehead atoms. The molecule has 0 aromatic heterocycles. The lowest BCUT2D eigenvalue weighted by Gasteiger charge is -2.12. The first kappa shape index (κ1) is 14.7. The van der Waals surface area contributed by atoms with Crippen LogP contribution in [0.3, 0.4) is 0 Å². The molecule has 21 heavy (non-hydrogen) atoms. The van der Waals surface area contributed by atoms with Gasteiger partial charge in [-0.15, -0.1) is 0 Å². The minimum absolute atomic E-state index is 0.124. The number of nitrogens with one attached hydrogen (secondary N) is 2. The first-order valence-corrected chi connectivity index (χ1v) is 6.59. The van der Waals surface area contributed by atoms with Crippen LogP contribution >= 0.6 is 0 Å². The summed E-state index contributed by atoms with van der Waals surface area (Å²) in [4.78, 5) is 11.1. The van der Waals surface area contributed by atoms with Crippen LogP contribution in [0.1, 0.15) is 18.1 Å². The van der Waals surface area contributed by atoms with Crippen molar-refractivity contribution >= 4 is 17.3 Å². The third kappa shape index (κ3) is 3.66. The van der Waals surface area contributed by atoms with Gasteiger partial charge in [-0.05, 0) is 30.7 Å². The molecule has 0 aliphatic carbocycles. The van der Waals surface area contributed by atoms with Crippen LogP contribution in [0.15, 0.2) is 36.4 Å². The Bertz CT molecular complexity index is 669. The molecule has 5 nitrogen and oxygen atoms in total. The van der Waals surface area contributed by atoms with Gasteiger partial charge in [0.05, 0.1) is 0 Å². The summed E-state index contributed by atoms with van der Waals surface area (Å²) in [5, 5.41) is 25.1. The lowest BCUT2D eigenvalue weighted by Crippen LogP contribution is -2.08. The fourth-order valence-corrected chi connectivity index (χ4v) is 1.97. The van der Waals surface area contributed by atoms with Gasteiger partial charge in [-0.1, -0.05) is 18.2 Å². The summed E-state index contributed by atoms with van der Waals surface area (Å²) in [6.07, 6.45) is 0. The van der Waals surface area contributed by atoms with E-state index in [4.69, 9.17) is 0 Å². The van der Waals surface area contributed by atoms with Gasteiger partial charge in [0.25, 0.3) is 0 Å². The predicted molar refractivity (Wildman–Crippen MR) is 82.6 cm³/mol. The van der Waals surface area contributed by atoms with E-state index in [0.29, 0.717) is 12.1 Å². The Morgan fingerprint density at radius 3 is 2.67 bits per heavy atom. The Morgan fingerprint density at radius 2 is 1.95 bits per heavy atom. The van der Waals surface area contributed by atoms with E-state index in [2.05, 4.69) is 10.6 Å². The summed E-state index contributed by atoms with van der Waals surface area (Å²) >= 11 is 0. The zero-order valence-corrected chi connectivity index (χ0v) is 12.0. The van der Waals surface area contributed by atoms with E-state index in [-0.39, 0.29) is 17.4 Å². The monoisotopic (exact) mass is 286 g/mol. The summed E-state index contributed by atoms with van der Waals surface area (Å²) in [6, 6.07) is 10.4. The third-order valence-electron chi connectivity index (χ3n) is 3.13. The number of hydrogen-bond acceptors (Lipinski definition) is 4. The number of carbonyl (C=O) groups is 1.